The van der Waals surface area contributed by atoms with Crippen LogP contribution in [0.2, 0.25) is 0 Å². The second-order valence-electron chi connectivity index (χ2n) is 6.14. The topological polar surface area (TPSA) is 79.0 Å². The highest BCUT2D eigenvalue weighted by atomic mass is 32.2. The van der Waals surface area contributed by atoms with Crippen molar-refractivity contribution in [3.63, 3.8) is 0 Å². The molecule has 1 N–H and O–H groups in total. The molecule has 0 atom stereocenters. The van der Waals surface area contributed by atoms with Crippen LogP contribution in [-0.2, 0) is 16.4 Å². The molecule has 0 saturated carbocycles. The fourth-order valence-corrected chi connectivity index (χ4v) is 3.73. The molecule has 0 saturated heterocycles. The molecule has 0 radical (unpaired) electrons. The average molecular weight is 375 g/mol. The lowest BCUT2D eigenvalue weighted by molar-refractivity contribution is 0.257. The van der Waals surface area contributed by atoms with E-state index in [1.54, 1.807) is 54.5 Å². The van der Waals surface area contributed by atoms with Crippen molar-refractivity contribution in [2.75, 3.05) is 38.0 Å². The van der Waals surface area contributed by atoms with E-state index >= 15 is 0 Å². The quantitative estimate of drug-likeness (QED) is 0.891. The highest BCUT2D eigenvalue weighted by molar-refractivity contribution is 7.89. The molecule has 0 aliphatic carbocycles. The summed E-state index contributed by atoms with van der Waals surface area (Å²) in [5.41, 5.74) is 2.22. The first kappa shape index (κ1) is 18.2. The van der Waals surface area contributed by atoms with Gasteiger partial charge in [-0.05, 0) is 48.4 Å². The number of methoxy groups -OCH3 is 1. The molecule has 0 aromatic heterocycles. The van der Waals surface area contributed by atoms with Gasteiger partial charge in [0.05, 0.1) is 17.7 Å². The summed E-state index contributed by atoms with van der Waals surface area (Å²) in [7, 11) is 0.990. The van der Waals surface area contributed by atoms with E-state index in [1.807, 2.05) is 0 Å². The fraction of sp³-hybridized carbons (Fsp3) is 0.278. The molecule has 1 heterocycles. The number of anilines is 2. The van der Waals surface area contributed by atoms with Crippen molar-refractivity contribution in [1.82, 2.24) is 4.31 Å². The lowest BCUT2D eigenvalue weighted by Crippen LogP contribution is -2.33. The number of fused-ring (bicyclic) bond motifs is 1. The van der Waals surface area contributed by atoms with Crippen LogP contribution in [0.5, 0.6) is 5.75 Å². The highest BCUT2D eigenvalue weighted by Gasteiger charge is 2.27. The Hall–Kier alpha value is -2.58. The van der Waals surface area contributed by atoms with Gasteiger partial charge in [0.1, 0.15) is 5.75 Å². The number of carbonyl (C=O) groups is 1. The van der Waals surface area contributed by atoms with E-state index < -0.39 is 10.0 Å². The predicted octanol–water partition coefficient (Wildman–Crippen LogP) is 2.54. The Labute approximate surface area is 153 Å². The molecular formula is C18H21N3O4S. The molecule has 2 aromatic rings. The van der Waals surface area contributed by atoms with Crippen molar-refractivity contribution in [3.05, 3.63) is 48.0 Å². The fourth-order valence-electron chi connectivity index (χ4n) is 2.81. The van der Waals surface area contributed by atoms with E-state index in [2.05, 4.69) is 5.32 Å². The zero-order chi connectivity index (χ0) is 18.9. The first-order chi connectivity index (χ1) is 12.3. The highest BCUT2D eigenvalue weighted by Crippen LogP contribution is 2.31. The van der Waals surface area contributed by atoms with Gasteiger partial charge in [0, 0.05) is 26.3 Å². The molecule has 2 aromatic carbocycles. The summed E-state index contributed by atoms with van der Waals surface area (Å²) in [5.74, 6) is 0.702. The molecule has 1 aliphatic rings. The molecule has 8 heteroatoms. The lowest BCUT2D eigenvalue weighted by Gasteiger charge is -2.19. The summed E-state index contributed by atoms with van der Waals surface area (Å²) in [6.45, 7) is 0.503. The Balaban J connectivity index is 1.84. The van der Waals surface area contributed by atoms with Gasteiger partial charge in [0.25, 0.3) is 0 Å². The van der Waals surface area contributed by atoms with E-state index in [9.17, 15) is 13.2 Å². The van der Waals surface area contributed by atoms with Gasteiger partial charge in [-0.15, -0.1) is 0 Å². The van der Waals surface area contributed by atoms with E-state index in [4.69, 9.17) is 4.74 Å². The number of carbonyl (C=O) groups excluding carboxylic acids is 1. The number of ether oxygens (including phenoxy) is 1. The van der Waals surface area contributed by atoms with Crippen LogP contribution in [0, 0.1) is 0 Å². The van der Waals surface area contributed by atoms with Crippen molar-refractivity contribution in [1.29, 1.82) is 0 Å². The van der Waals surface area contributed by atoms with Gasteiger partial charge in [-0.1, -0.05) is 6.07 Å². The standard InChI is InChI=1S/C18H21N3O4S/c1-20(2)26(23,24)16-9-4-13-10-11-21(17(13)12-16)18(22)19-14-5-7-15(25-3)8-6-14/h4-9,12H,10-11H2,1-3H3,(H,19,22). The molecule has 3 rings (SSSR count). The van der Waals surface area contributed by atoms with Gasteiger partial charge in [-0.25, -0.2) is 17.5 Å². The number of nitrogens with zero attached hydrogens (tertiary/aromatic N) is 2. The van der Waals surface area contributed by atoms with Gasteiger partial charge >= 0.3 is 6.03 Å². The Kier molecular flexibility index (Phi) is 4.88. The first-order valence-corrected chi connectivity index (χ1v) is 9.55. The van der Waals surface area contributed by atoms with E-state index in [0.717, 1.165) is 9.87 Å². The van der Waals surface area contributed by atoms with Gasteiger partial charge in [-0.3, -0.25) is 4.90 Å². The lowest BCUT2D eigenvalue weighted by atomic mass is 10.2. The summed E-state index contributed by atoms with van der Waals surface area (Å²) >= 11 is 0. The second kappa shape index (κ2) is 6.97. The molecular weight excluding hydrogens is 354 g/mol. The zero-order valence-corrected chi connectivity index (χ0v) is 15.7. The number of urea groups is 1. The number of rotatable bonds is 4. The summed E-state index contributed by atoms with van der Waals surface area (Å²) < 4.78 is 31.0. The number of nitrogens with one attached hydrogen (secondary N) is 1. The molecule has 2 amide bonds. The van der Waals surface area contributed by atoms with Crippen molar-refractivity contribution < 1.29 is 17.9 Å². The second-order valence-corrected chi connectivity index (χ2v) is 8.29. The Morgan fingerprint density at radius 3 is 2.46 bits per heavy atom. The first-order valence-electron chi connectivity index (χ1n) is 8.11. The van der Waals surface area contributed by atoms with Crippen molar-refractivity contribution in [2.24, 2.45) is 0 Å². The third kappa shape index (κ3) is 3.38. The van der Waals surface area contributed by atoms with E-state index in [1.165, 1.54) is 14.1 Å². The maximum atomic E-state index is 12.7. The third-order valence-corrected chi connectivity index (χ3v) is 6.13. The van der Waals surface area contributed by atoms with Crippen LogP contribution in [0.4, 0.5) is 16.2 Å². The SMILES string of the molecule is COc1ccc(NC(=O)N2CCc3ccc(S(=O)(=O)N(C)C)cc32)cc1. The maximum absolute atomic E-state index is 12.7. The maximum Gasteiger partial charge on any atom is 0.326 e. The number of sulfonamides is 1. The zero-order valence-electron chi connectivity index (χ0n) is 14.9. The van der Waals surface area contributed by atoms with Crippen LogP contribution in [0.3, 0.4) is 0 Å². The van der Waals surface area contributed by atoms with E-state index in [0.29, 0.717) is 30.1 Å². The summed E-state index contributed by atoms with van der Waals surface area (Å²) in [6, 6.07) is 11.6. The minimum Gasteiger partial charge on any atom is -0.497 e. The molecule has 26 heavy (non-hydrogen) atoms. The smallest absolute Gasteiger partial charge is 0.326 e. The van der Waals surface area contributed by atoms with E-state index in [-0.39, 0.29) is 10.9 Å². The number of amides is 2. The molecule has 0 spiro atoms. The molecule has 7 nitrogen and oxygen atoms in total. The van der Waals surface area contributed by atoms with Gasteiger partial charge in [-0.2, -0.15) is 0 Å². The van der Waals surface area contributed by atoms with Crippen LogP contribution in [-0.4, -0.2) is 46.5 Å². The minimum atomic E-state index is -3.55. The third-order valence-electron chi connectivity index (χ3n) is 4.32. The Bertz CT molecular complexity index is 924. The van der Waals surface area contributed by atoms with Gasteiger partial charge < -0.3 is 10.1 Å². The molecule has 138 valence electrons. The van der Waals surface area contributed by atoms with Crippen molar-refractivity contribution >= 4 is 27.4 Å². The Morgan fingerprint density at radius 1 is 1.15 bits per heavy atom. The molecule has 1 aliphatic heterocycles. The normalized spacial score (nSPS) is 13.6. The van der Waals surface area contributed by atoms with Gasteiger partial charge in [0.15, 0.2) is 0 Å². The molecule has 0 bridgehead atoms. The van der Waals surface area contributed by atoms with Crippen LogP contribution in [0.1, 0.15) is 5.56 Å². The minimum absolute atomic E-state index is 0.172. The van der Waals surface area contributed by atoms with Crippen molar-refractivity contribution in [2.45, 2.75) is 11.3 Å². The summed E-state index contributed by atoms with van der Waals surface area (Å²) in [5, 5.41) is 2.83. The molecule has 0 unspecified atom stereocenters. The van der Waals surface area contributed by atoms with Crippen LogP contribution in [0.25, 0.3) is 0 Å². The average Bonchev–Trinajstić information content (AvgIpc) is 3.05. The monoisotopic (exact) mass is 375 g/mol. The molecule has 0 fully saturated rings. The summed E-state index contributed by atoms with van der Waals surface area (Å²) in [6.07, 6.45) is 0.688. The predicted molar refractivity (Wildman–Crippen MR) is 100 cm³/mol. The van der Waals surface area contributed by atoms with Gasteiger partial charge in [0.2, 0.25) is 10.0 Å². The Morgan fingerprint density at radius 2 is 1.85 bits per heavy atom. The van der Waals surface area contributed by atoms with Crippen LogP contribution in [0.15, 0.2) is 47.4 Å². The summed E-state index contributed by atoms with van der Waals surface area (Å²) in [4.78, 5) is 14.4. The van der Waals surface area contributed by atoms with Crippen LogP contribution >= 0.6 is 0 Å². The largest absolute Gasteiger partial charge is 0.497 e. The number of benzene rings is 2. The van der Waals surface area contributed by atoms with Crippen molar-refractivity contribution in [3.8, 4) is 5.75 Å². The van der Waals surface area contributed by atoms with Crippen LogP contribution < -0.4 is 15.0 Å². The number of hydrogen-bond acceptors (Lipinski definition) is 4. The number of hydrogen-bond donors (Lipinski definition) is 1.